The van der Waals surface area contributed by atoms with Gasteiger partial charge in [-0.25, -0.2) is 14.4 Å². The van der Waals surface area contributed by atoms with Crippen molar-refractivity contribution in [2.75, 3.05) is 6.61 Å². The van der Waals surface area contributed by atoms with Crippen molar-refractivity contribution >= 4 is 17.9 Å². The highest BCUT2D eigenvalue weighted by Gasteiger charge is 2.18. The SMILES string of the molecule is CCOC(=O)c1ccc2cc1OC2.Cc1ccc(C(=O)O)cc1C(=O)O. The zero-order chi connectivity index (χ0) is 19.3. The number of hydrogen-bond donors (Lipinski definition) is 2. The van der Waals surface area contributed by atoms with E-state index in [2.05, 4.69) is 0 Å². The molecule has 3 rings (SSSR count). The number of carboxylic acids is 2. The average molecular weight is 358 g/mol. The number of esters is 1. The highest BCUT2D eigenvalue weighted by Crippen LogP contribution is 2.27. The first-order valence-corrected chi connectivity index (χ1v) is 7.83. The van der Waals surface area contributed by atoms with Gasteiger partial charge in [0.25, 0.3) is 0 Å². The quantitative estimate of drug-likeness (QED) is 0.808. The highest BCUT2D eigenvalue weighted by molar-refractivity contribution is 5.94. The second-order valence-electron chi connectivity index (χ2n) is 5.48. The average Bonchev–Trinajstić information content (AvgIpc) is 2.96. The first-order valence-electron chi connectivity index (χ1n) is 7.83. The number of carbonyl (C=O) groups is 3. The molecule has 0 saturated heterocycles. The van der Waals surface area contributed by atoms with Crippen LogP contribution in [0.3, 0.4) is 0 Å². The number of rotatable bonds is 4. The monoisotopic (exact) mass is 358 g/mol. The molecule has 1 aliphatic rings. The molecule has 0 amide bonds. The third-order valence-corrected chi connectivity index (χ3v) is 3.65. The molecular weight excluding hydrogens is 340 g/mol. The van der Waals surface area contributed by atoms with Crippen LogP contribution in [0.2, 0.25) is 0 Å². The van der Waals surface area contributed by atoms with Crippen LogP contribution in [-0.4, -0.2) is 34.7 Å². The molecule has 0 spiro atoms. The summed E-state index contributed by atoms with van der Waals surface area (Å²) in [7, 11) is 0. The summed E-state index contributed by atoms with van der Waals surface area (Å²) in [4.78, 5) is 32.4. The third-order valence-electron chi connectivity index (χ3n) is 3.65. The zero-order valence-corrected chi connectivity index (χ0v) is 14.3. The molecule has 1 aliphatic heterocycles. The van der Waals surface area contributed by atoms with Crippen LogP contribution in [0.4, 0.5) is 0 Å². The minimum atomic E-state index is -1.12. The molecule has 2 aromatic carbocycles. The van der Waals surface area contributed by atoms with Gasteiger partial charge in [-0.1, -0.05) is 12.1 Å². The van der Waals surface area contributed by atoms with Crippen molar-refractivity contribution < 1.29 is 34.1 Å². The van der Waals surface area contributed by atoms with E-state index in [-0.39, 0.29) is 17.1 Å². The smallest absolute Gasteiger partial charge is 0.341 e. The van der Waals surface area contributed by atoms with Gasteiger partial charge < -0.3 is 19.7 Å². The van der Waals surface area contributed by atoms with E-state index in [1.54, 1.807) is 19.9 Å². The lowest BCUT2D eigenvalue weighted by atomic mass is 10.1. The highest BCUT2D eigenvalue weighted by atomic mass is 16.5. The van der Waals surface area contributed by atoms with Crippen LogP contribution < -0.4 is 4.74 Å². The zero-order valence-electron chi connectivity index (χ0n) is 14.3. The van der Waals surface area contributed by atoms with Gasteiger partial charge in [0.1, 0.15) is 17.9 Å². The molecule has 136 valence electrons. The number of carboxylic acid groups (broad SMARTS) is 2. The lowest BCUT2D eigenvalue weighted by Gasteiger charge is -2.03. The normalized spacial score (nSPS) is 11.0. The maximum absolute atomic E-state index is 11.3. The minimum Gasteiger partial charge on any atom is -0.488 e. The predicted molar refractivity (Wildman–Crippen MR) is 91.8 cm³/mol. The van der Waals surface area contributed by atoms with Crippen molar-refractivity contribution in [3.63, 3.8) is 0 Å². The summed E-state index contributed by atoms with van der Waals surface area (Å²) in [5.74, 6) is -1.91. The second kappa shape index (κ2) is 8.15. The van der Waals surface area contributed by atoms with Gasteiger partial charge in [-0.3, -0.25) is 0 Å². The fourth-order valence-corrected chi connectivity index (χ4v) is 2.30. The molecule has 0 radical (unpaired) electrons. The lowest BCUT2D eigenvalue weighted by Crippen LogP contribution is -2.04. The Morgan fingerprint density at radius 2 is 1.77 bits per heavy atom. The molecule has 0 atom stereocenters. The van der Waals surface area contributed by atoms with Gasteiger partial charge in [0.15, 0.2) is 0 Å². The van der Waals surface area contributed by atoms with E-state index in [0.717, 1.165) is 11.6 Å². The number of carbonyl (C=O) groups excluding carboxylic acids is 1. The van der Waals surface area contributed by atoms with Gasteiger partial charge >= 0.3 is 17.9 Å². The molecule has 2 bridgehead atoms. The van der Waals surface area contributed by atoms with Gasteiger partial charge in [0.2, 0.25) is 0 Å². The molecule has 0 aromatic heterocycles. The summed E-state index contributed by atoms with van der Waals surface area (Å²) in [5.41, 5.74) is 2.19. The van der Waals surface area contributed by atoms with Crippen LogP contribution in [0.1, 0.15) is 49.1 Å². The number of benzene rings is 2. The molecule has 7 heteroatoms. The van der Waals surface area contributed by atoms with E-state index in [0.29, 0.717) is 30.1 Å². The van der Waals surface area contributed by atoms with Crippen LogP contribution in [0.15, 0.2) is 36.4 Å². The first-order chi connectivity index (χ1) is 12.3. The van der Waals surface area contributed by atoms with Crippen LogP contribution >= 0.6 is 0 Å². The van der Waals surface area contributed by atoms with Gasteiger partial charge in [-0.2, -0.15) is 0 Å². The largest absolute Gasteiger partial charge is 0.488 e. The van der Waals surface area contributed by atoms with Crippen molar-refractivity contribution in [2.45, 2.75) is 20.5 Å². The standard InChI is InChI=1S/C10H10O3.C9H8O4/c1-2-12-10(11)8-4-3-7-5-9(8)13-6-7;1-5-2-3-6(8(10)11)4-7(5)9(12)13/h3-5H,2,6H2,1H3;2-4H,1H3,(H,10,11)(H,12,13). The molecule has 0 fully saturated rings. The van der Waals surface area contributed by atoms with Crippen molar-refractivity contribution in [3.8, 4) is 5.75 Å². The number of hydrogen-bond acceptors (Lipinski definition) is 5. The van der Waals surface area contributed by atoms with E-state index in [4.69, 9.17) is 19.7 Å². The van der Waals surface area contributed by atoms with E-state index in [9.17, 15) is 14.4 Å². The molecule has 0 saturated carbocycles. The number of aromatic carboxylic acids is 2. The topological polar surface area (TPSA) is 110 Å². The molecule has 0 unspecified atom stereocenters. The Bertz CT molecular complexity index is 855. The number of fused-ring (bicyclic) bond motifs is 2. The molecule has 2 N–H and O–H groups in total. The second-order valence-corrected chi connectivity index (χ2v) is 5.48. The van der Waals surface area contributed by atoms with Crippen molar-refractivity contribution in [1.29, 1.82) is 0 Å². The van der Waals surface area contributed by atoms with Gasteiger partial charge in [0, 0.05) is 0 Å². The van der Waals surface area contributed by atoms with Crippen molar-refractivity contribution in [1.82, 2.24) is 0 Å². The summed E-state index contributed by atoms with van der Waals surface area (Å²) in [6.45, 7) is 4.36. The molecule has 0 aliphatic carbocycles. The molecule has 2 aromatic rings. The Morgan fingerprint density at radius 1 is 1.04 bits per heavy atom. The van der Waals surface area contributed by atoms with Crippen LogP contribution in [-0.2, 0) is 11.3 Å². The summed E-state index contributed by atoms with van der Waals surface area (Å²) in [6.07, 6.45) is 0. The molecule has 7 nitrogen and oxygen atoms in total. The third kappa shape index (κ3) is 4.38. The van der Waals surface area contributed by atoms with E-state index >= 15 is 0 Å². The maximum Gasteiger partial charge on any atom is 0.341 e. The van der Waals surface area contributed by atoms with Crippen LogP contribution in [0, 0.1) is 6.92 Å². The van der Waals surface area contributed by atoms with Crippen molar-refractivity contribution in [2.24, 2.45) is 0 Å². The summed E-state index contributed by atoms with van der Waals surface area (Å²) in [5, 5.41) is 17.3. The Morgan fingerprint density at radius 3 is 2.38 bits per heavy atom. The Kier molecular flexibility index (Phi) is 5.95. The van der Waals surface area contributed by atoms with E-state index < -0.39 is 11.9 Å². The van der Waals surface area contributed by atoms with Crippen LogP contribution in [0.5, 0.6) is 5.75 Å². The van der Waals surface area contributed by atoms with E-state index in [1.165, 1.54) is 12.1 Å². The Hall–Kier alpha value is -3.35. The molecular formula is C19H18O7. The number of aryl methyl sites for hydroxylation is 1. The van der Waals surface area contributed by atoms with E-state index in [1.807, 2.05) is 12.1 Å². The fourth-order valence-electron chi connectivity index (χ4n) is 2.30. The minimum absolute atomic E-state index is 0.0111. The lowest BCUT2D eigenvalue weighted by molar-refractivity contribution is 0.0521. The number of ether oxygens (including phenoxy) is 2. The van der Waals surface area contributed by atoms with Gasteiger partial charge in [-0.05, 0) is 49.2 Å². The molecule has 1 heterocycles. The Balaban J connectivity index is 0.000000187. The Labute approximate surface area is 149 Å². The van der Waals surface area contributed by atoms with Crippen LogP contribution in [0.25, 0.3) is 0 Å². The van der Waals surface area contributed by atoms with Gasteiger partial charge in [-0.15, -0.1) is 0 Å². The van der Waals surface area contributed by atoms with Crippen molar-refractivity contribution in [3.05, 3.63) is 64.2 Å². The first kappa shape index (κ1) is 19.0. The summed E-state index contributed by atoms with van der Waals surface area (Å²) >= 11 is 0. The maximum atomic E-state index is 11.3. The fraction of sp³-hybridized carbons (Fsp3) is 0.211. The molecule has 26 heavy (non-hydrogen) atoms. The predicted octanol–water partition coefficient (Wildman–Crippen LogP) is 3.15. The summed E-state index contributed by atoms with van der Waals surface area (Å²) in [6, 6.07) is 9.50. The summed E-state index contributed by atoms with van der Waals surface area (Å²) < 4.78 is 10.2. The van der Waals surface area contributed by atoms with Gasteiger partial charge in [0.05, 0.1) is 17.7 Å².